The average Bonchev–Trinajstić information content (AvgIpc) is 3.04. The van der Waals surface area contributed by atoms with E-state index in [-0.39, 0.29) is 11.4 Å². The Bertz CT molecular complexity index is 442. The van der Waals surface area contributed by atoms with E-state index in [2.05, 4.69) is 19.2 Å². The Morgan fingerprint density at radius 3 is 2.69 bits per heavy atom. The van der Waals surface area contributed by atoms with Crippen LogP contribution in [0.2, 0.25) is 0 Å². The van der Waals surface area contributed by atoms with Crippen molar-refractivity contribution < 1.29 is 4.39 Å². The first-order chi connectivity index (χ1) is 7.53. The molecule has 84 valence electrons. The highest BCUT2D eigenvalue weighted by atomic mass is 19.1. The molecule has 2 nitrogen and oxygen atoms in total. The number of nitrogens with zero attached hydrogens (tertiary/aromatic N) is 1. The van der Waals surface area contributed by atoms with Crippen LogP contribution in [-0.2, 0) is 0 Å². The summed E-state index contributed by atoms with van der Waals surface area (Å²) < 4.78 is 13.0. The van der Waals surface area contributed by atoms with Gasteiger partial charge < -0.3 is 5.32 Å². The number of hydrogen-bond donors (Lipinski definition) is 1. The van der Waals surface area contributed by atoms with Gasteiger partial charge in [0.25, 0.3) is 0 Å². The topological polar surface area (TPSA) is 35.8 Å². The molecule has 1 aliphatic carbocycles. The summed E-state index contributed by atoms with van der Waals surface area (Å²) in [5, 5.41) is 12.3. The van der Waals surface area contributed by atoms with Crippen LogP contribution in [0.4, 0.5) is 10.1 Å². The van der Waals surface area contributed by atoms with Crippen molar-refractivity contribution in [3.8, 4) is 6.07 Å². The molecule has 1 fully saturated rings. The molecule has 0 unspecified atom stereocenters. The van der Waals surface area contributed by atoms with Crippen molar-refractivity contribution in [2.45, 2.75) is 32.2 Å². The second-order valence-corrected chi connectivity index (χ2v) is 4.92. The van der Waals surface area contributed by atoms with Crippen molar-refractivity contribution >= 4 is 5.69 Å². The molecule has 0 saturated heterocycles. The molecule has 0 radical (unpaired) electrons. The fourth-order valence-corrected chi connectivity index (χ4v) is 1.97. The first kappa shape index (κ1) is 10.9. The van der Waals surface area contributed by atoms with E-state index in [1.54, 1.807) is 6.07 Å². The maximum atomic E-state index is 13.0. The Morgan fingerprint density at radius 1 is 1.44 bits per heavy atom. The van der Waals surface area contributed by atoms with Gasteiger partial charge in [-0.25, -0.2) is 4.39 Å². The fourth-order valence-electron chi connectivity index (χ4n) is 1.97. The molecule has 0 aliphatic heterocycles. The number of benzene rings is 1. The molecule has 1 N–H and O–H groups in total. The van der Waals surface area contributed by atoms with Gasteiger partial charge in [0.2, 0.25) is 0 Å². The van der Waals surface area contributed by atoms with Gasteiger partial charge in [-0.3, -0.25) is 0 Å². The van der Waals surface area contributed by atoms with E-state index in [1.807, 2.05) is 6.07 Å². The monoisotopic (exact) mass is 218 g/mol. The molecule has 0 aromatic heterocycles. The van der Waals surface area contributed by atoms with Crippen LogP contribution in [0.5, 0.6) is 0 Å². The normalized spacial score (nSPS) is 15.6. The summed E-state index contributed by atoms with van der Waals surface area (Å²) in [5.41, 5.74) is 1.07. The van der Waals surface area contributed by atoms with Crippen LogP contribution in [0.15, 0.2) is 18.2 Å². The van der Waals surface area contributed by atoms with Gasteiger partial charge in [-0.15, -0.1) is 0 Å². The van der Waals surface area contributed by atoms with Crippen LogP contribution in [0.3, 0.4) is 0 Å². The molecular formula is C13H15FN2. The van der Waals surface area contributed by atoms with Gasteiger partial charge >= 0.3 is 0 Å². The molecule has 1 aromatic carbocycles. The lowest BCUT2D eigenvalue weighted by Gasteiger charge is -2.28. The zero-order valence-corrected chi connectivity index (χ0v) is 9.55. The Balaban J connectivity index is 2.24. The summed E-state index contributed by atoms with van der Waals surface area (Å²) in [7, 11) is 0. The molecule has 0 spiro atoms. The Morgan fingerprint density at radius 2 is 2.12 bits per heavy atom. The summed E-state index contributed by atoms with van der Waals surface area (Å²) >= 11 is 0. The molecule has 0 amide bonds. The third-order valence-corrected chi connectivity index (χ3v) is 3.16. The molecule has 2 rings (SSSR count). The van der Waals surface area contributed by atoms with Gasteiger partial charge in [0, 0.05) is 5.54 Å². The second kappa shape index (κ2) is 3.79. The molecule has 1 aromatic rings. The van der Waals surface area contributed by atoms with E-state index >= 15 is 0 Å². The predicted octanol–water partition coefficient (Wildman–Crippen LogP) is 3.30. The lowest BCUT2D eigenvalue weighted by Crippen LogP contribution is -2.33. The van der Waals surface area contributed by atoms with Crippen molar-refractivity contribution in [1.82, 2.24) is 0 Å². The number of hydrogen-bond acceptors (Lipinski definition) is 2. The number of nitriles is 1. The van der Waals surface area contributed by atoms with Crippen LogP contribution in [0.25, 0.3) is 0 Å². The Kier molecular flexibility index (Phi) is 2.59. The highest BCUT2D eigenvalue weighted by Gasteiger charge is 2.37. The fraction of sp³-hybridized carbons (Fsp3) is 0.462. The van der Waals surface area contributed by atoms with E-state index < -0.39 is 0 Å². The SMILES string of the molecule is CC(C)(Nc1ccc(F)cc1C#N)C1CC1. The van der Waals surface area contributed by atoms with Crippen LogP contribution >= 0.6 is 0 Å². The van der Waals surface area contributed by atoms with Gasteiger partial charge in [-0.2, -0.15) is 5.26 Å². The number of halogens is 1. The first-order valence-electron chi connectivity index (χ1n) is 5.51. The summed E-state index contributed by atoms with van der Waals surface area (Å²) in [6.07, 6.45) is 2.45. The smallest absolute Gasteiger partial charge is 0.124 e. The van der Waals surface area contributed by atoms with E-state index in [0.29, 0.717) is 11.5 Å². The van der Waals surface area contributed by atoms with Gasteiger partial charge in [0.1, 0.15) is 11.9 Å². The van der Waals surface area contributed by atoms with Gasteiger partial charge in [0.05, 0.1) is 11.3 Å². The summed E-state index contributed by atoms with van der Waals surface area (Å²) in [5.74, 6) is 0.287. The van der Waals surface area contributed by atoms with Crippen LogP contribution in [0, 0.1) is 23.1 Å². The minimum Gasteiger partial charge on any atom is -0.379 e. The molecule has 3 heteroatoms. The third kappa shape index (κ3) is 2.16. The van der Waals surface area contributed by atoms with Crippen LogP contribution < -0.4 is 5.32 Å². The lowest BCUT2D eigenvalue weighted by atomic mass is 9.97. The summed E-state index contributed by atoms with van der Waals surface area (Å²) in [6, 6.07) is 6.30. The summed E-state index contributed by atoms with van der Waals surface area (Å²) in [6.45, 7) is 4.24. The van der Waals surface area contributed by atoms with E-state index in [9.17, 15) is 4.39 Å². The maximum absolute atomic E-state index is 13.0. The quantitative estimate of drug-likeness (QED) is 0.845. The molecule has 0 heterocycles. The molecule has 0 atom stereocenters. The minimum absolute atomic E-state index is 0.0244. The molecule has 1 aliphatic rings. The second-order valence-electron chi connectivity index (χ2n) is 4.92. The van der Waals surface area contributed by atoms with Gasteiger partial charge in [-0.05, 0) is 50.8 Å². The predicted molar refractivity (Wildman–Crippen MR) is 61.5 cm³/mol. The lowest BCUT2D eigenvalue weighted by molar-refractivity contribution is 0.494. The van der Waals surface area contributed by atoms with E-state index in [0.717, 1.165) is 5.69 Å². The van der Waals surface area contributed by atoms with Crippen molar-refractivity contribution in [2.75, 3.05) is 5.32 Å². The number of anilines is 1. The molecule has 0 bridgehead atoms. The molecular weight excluding hydrogens is 203 g/mol. The highest BCUT2D eigenvalue weighted by molar-refractivity contribution is 5.58. The average molecular weight is 218 g/mol. The van der Waals surface area contributed by atoms with Gasteiger partial charge in [-0.1, -0.05) is 0 Å². The van der Waals surface area contributed by atoms with E-state index in [4.69, 9.17) is 5.26 Å². The largest absolute Gasteiger partial charge is 0.379 e. The zero-order chi connectivity index (χ0) is 11.8. The minimum atomic E-state index is -0.369. The van der Waals surface area contributed by atoms with Crippen LogP contribution in [-0.4, -0.2) is 5.54 Å². The number of nitrogens with one attached hydrogen (secondary N) is 1. The van der Waals surface area contributed by atoms with Crippen molar-refractivity contribution in [3.63, 3.8) is 0 Å². The highest BCUT2D eigenvalue weighted by Crippen LogP contribution is 2.41. The van der Waals surface area contributed by atoms with Crippen molar-refractivity contribution in [1.29, 1.82) is 5.26 Å². The van der Waals surface area contributed by atoms with Crippen molar-refractivity contribution in [2.24, 2.45) is 5.92 Å². The van der Waals surface area contributed by atoms with Gasteiger partial charge in [0.15, 0.2) is 0 Å². The third-order valence-electron chi connectivity index (χ3n) is 3.16. The summed E-state index contributed by atoms with van der Waals surface area (Å²) in [4.78, 5) is 0. The maximum Gasteiger partial charge on any atom is 0.124 e. The van der Waals surface area contributed by atoms with E-state index in [1.165, 1.54) is 25.0 Å². The van der Waals surface area contributed by atoms with Crippen molar-refractivity contribution in [3.05, 3.63) is 29.6 Å². The Hall–Kier alpha value is -1.56. The first-order valence-corrected chi connectivity index (χ1v) is 5.51. The zero-order valence-electron chi connectivity index (χ0n) is 9.55. The molecule has 1 saturated carbocycles. The standard InChI is InChI=1S/C13H15FN2/c1-13(2,10-3-4-10)16-12-6-5-11(14)7-9(12)8-15/h5-7,10,16H,3-4H2,1-2H3. The Labute approximate surface area is 95.1 Å². The molecule has 16 heavy (non-hydrogen) atoms. The number of rotatable bonds is 3. The van der Waals surface area contributed by atoms with Crippen LogP contribution in [0.1, 0.15) is 32.3 Å².